The molecule has 1 aliphatic carbocycles. The lowest BCUT2D eigenvalue weighted by Crippen LogP contribution is -2.44. The number of hydrogen-bond donors (Lipinski definition) is 1. The van der Waals surface area contributed by atoms with Gasteiger partial charge in [0.05, 0.1) is 4.34 Å². The molecule has 1 amide bonds. The summed E-state index contributed by atoms with van der Waals surface area (Å²) in [6, 6.07) is 2.69. The van der Waals surface area contributed by atoms with Gasteiger partial charge in [-0.25, -0.2) is 4.79 Å². The number of likely N-dealkylation sites (tertiary alicyclic amines) is 1. The molecule has 2 heterocycles. The molecule has 0 aromatic carbocycles. The summed E-state index contributed by atoms with van der Waals surface area (Å²) in [5, 5.41) is 3.68. The van der Waals surface area contributed by atoms with Crippen LogP contribution in [0.2, 0.25) is 4.34 Å². The van der Waals surface area contributed by atoms with Crippen LogP contribution in [0, 0.1) is 0 Å². The van der Waals surface area contributed by atoms with Gasteiger partial charge in [0.15, 0.2) is 0 Å². The van der Waals surface area contributed by atoms with Gasteiger partial charge in [-0.3, -0.25) is 0 Å². The highest BCUT2D eigenvalue weighted by Gasteiger charge is 2.33. The van der Waals surface area contributed by atoms with Crippen molar-refractivity contribution in [1.29, 1.82) is 0 Å². The van der Waals surface area contributed by atoms with Crippen molar-refractivity contribution in [1.82, 2.24) is 10.2 Å². The van der Waals surface area contributed by atoms with Crippen LogP contribution in [-0.2, 0) is 11.2 Å². The molecule has 0 radical (unpaired) electrons. The van der Waals surface area contributed by atoms with Gasteiger partial charge < -0.3 is 15.0 Å². The third-order valence-electron chi connectivity index (χ3n) is 4.69. The van der Waals surface area contributed by atoms with Crippen molar-refractivity contribution in [2.45, 2.75) is 70.6 Å². The minimum Gasteiger partial charge on any atom is -0.444 e. The second-order valence-corrected chi connectivity index (χ2v) is 9.52. The van der Waals surface area contributed by atoms with Crippen LogP contribution < -0.4 is 5.32 Å². The number of thiophene rings is 1. The third kappa shape index (κ3) is 4.24. The molecule has 0 spiro atoms. The summed E-state index contributed by atoms with van der Waals surface area (Å²) in [5.74, 6) is 0. The number of nitrogens with zero attached hydrogens (tertiary/aromatic N) is 1. The molecule has 2 atom stereocenters. The minimum atomic E-state index is -0.441. The molecule has 2 aliphatic rings. The number of ether oxygens (including phenoxy) is 1. The van der Waals surface area contributed by atoms with E-state index in [2.05, 4.69) is 11.4 Å². The molecule has 6 heteroatoms. The fraction of sp³-hybridized carbons (Fsp3) is 0.722. The highest BCUT2D eigenvalue weighted by atomic mass is 35.5. The van der Waals surface area contributed by atoms with E-state index >= 15 is 0 Å². The number of carbonyl (C=O) groups is 1. The first-order chi connectivity index (χ1) is 11.3. The van der Waals surface area contributed by atoms with Crippen molar-refractivity contribution in [3.63, 3.8) is 0 Å². The Morgan fingerprint density at radius 1 is 1.42 bits per heavy atom. The molecule has 1 aromatic rings. The van der Waals surface area contributed by atoms with E-state index in [4.69, 9.17) is 16.3 Å². The Balaban J connectivity index is 1.59. The Morgan fingerprint density at radius 2 is 2.21 bits per heavy atom. The van der Waals surface area contributed by atoms with Gasteiger partial charge in [0.25, 0.3) is 0 Å². The molecule has 0 bridgehead atoms. The first-order valence-electron chi connectivity index (χ1n) is 8.84. The van der Waals surface area contributed by atoms with Crippen molar-refractivity contribution in [2.24, 2.45) is 0 Å². The number of halogens is 1. The molecule has 134 valence electrons. The summed E-state index contributed by atoms with van der Waals surface area (Å²) in [5.41, 5.74) is 0.918. The Labute approximate surface area is 153 Å². The predicted octanol–water partition coefficient (Wildman–Crippen LogP) is 4.77. The third-order valence-corrected chi connectivity index (χ3v) is 6.03. The zero-order valence-electron chi connectivity index (χ0n) is 14.7. The van der Waals surface area contributed by atoms with Crippen LogP contribution in [-0.4, -0.2) is 35.7 Å². The van der Waals surface area contributed by atoms with Crippen LogP contribution >= 0.6 is 22.9 Å². The maximum absolute atomic E-state index is 12.4. The molecular formula is C18H27ClN2O2S. The van der Waals surface area contributed by atoms with E-state index in [1.165, 1.54) is 16.9 Å². The number of hydrogen-bond acceptors (Lipinski definition) is 4. The Bertz CT molecular complexity index is 596. The summed E-state index contributed by atoms with van der Waals surface area (Å²) in [6.07, 6.45) is 5.37. The van der Waals surface area contributed by atoms with Crippen LogP contribution in [0.5, 0.6) is 0 Å². The molecule has 24 heavy (non-hydrogen) atoms. The van der Waals surface area contributed by atoms with Crippen molar-refractivity contribution in [2.75, 3.05) is 13.1 Å². The zero-order valence-corrected chi connectivity index (χ0v) is 16.3. The van der Waals surface area contributed by atoms with Gasteiger partial charge in [-0.15, -0.1) is 11.3 Å². The molecule has 1 fully saturated rings. The van der Waals surface area contributed by atoms with Gasteiger partial charge in [0.2, 0.25) is 0 Å². The molecule has 0 saturated carbocycles. The maximum atomic E-state index is 12.4. The fourth-order valence-corrected chi connectivity index (χ4v) is 5.00. The second-order valence-electron chi connectivity index (χ2n) is 7.75. The Hall–Kier alpha value is -0.780. The van der Waals surface area contributed by atoms with Gasteiger partial charge in [-0.1, -0.05) is 11.6 Å². The highest BCUT2D eigenvalue weighted by Crippen LogP contribution is 2.38. The van der Waals surface area contributed by atoms with Gasteiger partial charge in [0, 0.05) is 30.1 Å². The lowest BCUT2D eigenvalue weighted by atomic mass is 9.94. The quantitative estimate of drug-likeness (QED) is 0.833. The van der Waals surface area contributed by atoms with Crippen molar-refractivity contribution >= 4 is 29.0 Å². The van der Waals surface area contributed by atoms with Crippen LogP contribution in [0.3, 0.4) is 0 Å². The van der Waals surface area contributed by atoms with E-state index in [-0.39, 0.29) is 12.1 Å². The van der Waals surface area contributed by atoms with Gasteiger partial charge >= 0.3 is 6.09 Å². The smallest absolute Gasteiger partial charge is 0.410 e. The Morgan fingerprint density at radius 3 is 2.96 bits per heavy atom. The average Bonchev–Trinajstić information content (AvgIpc) is 3.08. The van der Waals surface area contributed by atoms with E-state index in [1.54, 1.807) is 11.3 Å². The maximum Gasteiger partial charge on any atom is 0.410 e. The summed E-state index contributed by atoms with van der Waals surface area (Å²) >= 11 is 7.90. The first-order valence-corrected chi connectivity index (χ1v) is 10.0. The Kier molecular flexibility index (Phi) is 5.42. The molecule has 3 rings (SSSR count). The van der Waals surface area contributed by atoms with Gasteiger partial charge in [-0.05, 0) is 64.5 Å². The molecule has 1 aliphatic heterocycles. The van der Waals surface area contributed by atoms with Crippen molar-refractivity contribution in [3.05, 3.63) is 20.8 Å². The molecule has 1 saturated heterocycles. The van der Waals surface area contributed by atoms with Crippen LogP contribution in [0.1, 0.15) is 62.9 Å². The average molecular weight is 371 g/mol. The normalized spacial score (nSPS) is 24.1. The SMILES string of the molecule is CC(C)(C)OC(=O)N1CCCC1CNC1CCCc2sc(Cl)cc21. The number of aryl methyl sites for hydroxylation is 1. The van der Waals surface area contributed by atoms with E-state index in [0.717, 1.165) is 43.1 Å². The molecular weight excluding hydrogens is 344 g/mol. The van der Waals surface area contributed by atoms with E-state index in [9.17, 15) is 4.79 Å². The van der Waals surface area contributed by atoms with Gasteiger partial charge in [-0.2, -0.15) is 0 Å². The van der Waals surface area contributed by atoms with E-state index in [0.29, 0.717) is 6.04 Å². The molecule has 4 nitrogen and oxygen atoms in total. The largest absolute Gasteiger partial charge is 0.444 e. The van der Waals surface area contributed by atoms with Crippen LogP contribution in [0.15, 0.2) is 6.07 Å². The highest BCUT2D eigenvalue weighted by molar-refractivity contribution is 7.16. The predicted molar refractivity (Wildman–Crippen MR) is 99.0 cm³/mol. The zero-order chi connectivity index (χ0) is 17.3. The fourth-order valence-electron chi connectivity index (χ4n) is 3.62. The second kappa shape index (κ2) is 7.22. The lowest BCUT2D eigenvalue weighted by molar-refractivity contribution is 0.0224. The lowest BCUT2D eigenvalue weighted by Gasteiger charge is -2.31. The van der Waals surface area contributed by atoms with Crippen LogP contribution in [0.25, 0.3) is 0 Å². The summed E-state index contributed by atoms with van der Waals surface area (Å²) < 4.78 is 6.43. The molecule has 2 unspecified atom stereocenters. The number of nitrogens with one attached hydrogen (secondary N) is 1. The summed E-state index contributed by atoms with van der Waals surface area (Å²) in [6.45, 7) is 7.35. The van der Waals surface area contributed by atoms with E-state index in [1.807, 2.05) is 25.7 Å². The number of amides is 1. The molecule has 1 N–H and O–H groups in total. The standard InChI is InChI=1S/C18H27ClN2O2S/c1-18(2,3)23-17(22)21-9-5-6-12(21)11-20-14-7-4-8-15-13(14)10-16(19)24-15/h10,12,14,20H,4-9,11H2,1-3H3. The summed E-state index contributed by atoms with van der Waals surface area (Å²) in [7, 11) is 0. The first kappa shape index (κ1) is 18.0. The number of carbonyl (C=O) groups excluding carboxylic acids is 1. The molecule has 1 aromatic heterocycles. The minimum absolute atomic E-state index is 0.185. The number of rotatable bonds is 3. The van der Waals surface area contributed by atoms with Crippen molar-refractivity contribution in [3.8, 4) is 0 Å². The van der Waals surface area contributed by atoms with E-state index < -0.39 is 5.60 Å². The number of fused-ring (bicyclic) bond motifs is 1. The topological polar surface area (TPSA) is 41.6 Å². The summed E-state index contributed by atoms with van der Waals surface area (Å²) in [4.78, 5) is 15.7. The van der Waals surface area contributed by atoms with Crippen LogP contribution in [0.4, 0.5) is 4.79 Å². The van der Waals surface area contributed by atoms with Gasteiger partial charge in [0.1, 0.15) is 5.60 Å². The monoisotopic (exact) mass is 370 g/mol. The van der Waals surface area contributed by atoms with Crippen molar-refractivity contribution < 1.29 is 9.53 Å².